The van der Waals surface area contributed by atoms with Gasteiger partial charge in [0.2, 0.25) is 0 Å². The summed E-state index contributed by atoms with van der Waals surface area (Å²) in [5.74, 6) is 2.69. The Kier molecular flexibility index (Phi) is 4.82. The van der Waals surface area contributed by atoms with Crippen molar-refractivity contribution in [3.63, 3.8) is 0 Å². The first-order chi connectivity index (χ1) is 10.2. The summed E-state index contributed by atoms with van der Waals surface area (Å²) < 4.78 is 16.2. The molecule has 0 saturated carbocycles. The molecule has 0 unspecified atom stereocenters. The van der Waals surface area contributed by atoms with Crippen molar-refractivity contribution in [1.82, 2.24) is 0 Å². The summed E-state index contributed by atoms with van der Waals surface area (Å²) in [6.45, 7) is 1.84. The highest BCUT2D eigenvalue weighted by atomic mass is 16.5. The lowest BCUT2D eigenvalue weighted by atomic mass is 10.1. The van der Waals surface area contributed by atoms with Crippen LogP contribution in [0.1, 0.15) is 23.7 Å². The van der Waals surface area contributed by atoms with E-state index in [1.807, 2.05) is 6.92 Å². The lowest BCUT2D eigenvalue weighted by molar-refractivity contribution is 0.0988. The molecule has 0 saturated heterocycles. The highest BCUT2D eigenvalue weighted by molar-refractivity contribution is 5.95. The standard InChI is InChI=1S/C17H18O4/c1-4-17(18)12-5-7-13(8-6-12)21-16-10-14(19-2)9-15(11-16)20-3/h5-11H,4H2,1-3H3. The van der Waals surface area contributed by atoms with E-state index in [1.54, 1.807) is 56.7 Å². The van der Waals surface area contributed by atoms with E-state index in [4.69, 9.17) is 14.2 Å². The molecule has 0 aliphatic rings. The number of methoxy groups -OCH3 is 2. The molecule has 2 rings (SSSR count). The van der Waals surface area contributed by atoms with Crippen molar-refractivity contribution in [3.05, 3.63) is 48.0 Å². The van der Waals surface area contributed by atoms with Crippen molar-refractivity contribution in [3.8, 4) is 23.0 Å². The maximum absolute atomic E-state index is 11.6. The minimum Gasteiger partial charge on any atom is -0.496 e. The van der Waals surface area contributed by atoms with Gasteiger partial charge >= 0.3 is 0 Å². The average molecular weight is 286 g/mol. The Labute approximate surface area is 124 Å². The first-order valence-corrected chi connectivity index (χ1v) is 6.70. The van der Waals surface area contributed by atoms with E-state index < -0.39 is 0 Å². The predicted octanol–water partition coefficient (Wildman–Crippen LogP) is 4.09. The second-order valence-corrected chi connectivity index (χ2v) is 4.45. The molecule has 0 spiro atoms. The van der Waals surface area contributed by atoms with Crippen LogP contribution >= 0.6 is 0 Å². The van der Waals surface area contributed by atoms with Gasteiger partial charge in [0.1, 0.15) is 23.0 Å². The van der Waals surface area contributed by atoms with E-state index in [2.05, 4.69) is 0 Å². The molecule has 4 nitrogen and oxygen atoms in total. The number of rotatable bonds is 6. The topological polar surface area (TPSA) is 44.8 Å². The second kappa shape index (κ2) is 6.79. The fourth-order valence-electron chi connectivity index (χ4n) is 1.89. The summed E-state index contributed by atoms with van der Waals surface area (Å²) in [5, 5.41) is 0. The molecule has 21 heavy (non-hydrogen) atoms. The molecule has 0 bridgehead atoms. The Balaban J connectivity index is 2.19. The van der Waals surface area contributed by atoms with Crippen molar-refractivity contribution in [2.75, 3.05) is 14.2 Å². The van der Waals surface area contributed by atoms with Crippen molar-refractivity contribution in [1.29, 1.82) is 0 Å². The third-order valence-electron chi connectivity index (χ3n) is 3.06. The molecule has 0 N–H and O–H groups in total. The van der Waals surface area contributed by atoms with Gasteiger partial charge in [0.05, 0.1) is 14.2 Å². The number of hydrogen-bond acceptors (Lipinski definition) is 4. The van der Waals surface area contributed by atoms with Crippen molar-refractivity contribution in [2.45, 2.75) is 13.3 Å². The minimum absolute atomic E-state index is 0.115. The molecule has 4 heteroatoms. The smallest absolute Gasteiger partial charge is 0.162 e. The SMILES string of the molecule is CCC(=O)c1ccc(Oc2cc(OC)cc(OC)c2)cc1. The zero-order chi connectivity index (χ0) is 15.2. The molecule has 0 heterocycles. The molecule has 0 aromatic heterocycles. The normalized spacial score (nSPS) is 10.0. The first kappa shape index (κ1) is 14.9. The van der Waals surface area contributed by atoms with Gasteiger partial charge in [0.15, 0.2) is 5.78 Å². The van der Waals surface area contributed by atoms with E-state index in [9.17, 15) is 4.79 Å². The zero-order valence-corrected chi connectivity index (χ0v) is 12.4. The molecule has 0 radical (unpaired) electrons. The van der Waals surface area contributed by atoms with Gasteiger partial charge in [0, 0.05) is 30.2 Å². The Bertz CT molecular complexity index is 595. The molecule has 2 aromatic rings. The Hall–Kier alpha value is -2.49. The maximum Gasteiger partial charge on any atom is 0.162 e. The molecule has 0 fully saturated rings. The lowest BCUT2D eigenvalue weighted by Gasteiger charge is -2.10. The number of ether oxygens (including phenoxy) is 3. The molecular formula is C17H18O4. The Morgan fingerprint density at radius 1 is 0.857 bits per heavy atom. The zero-order valence-electron chi connectivity index (χ0n) is 12.4. The van der Waals surface area contributed by atoms with E-state index in [0.717, 1.165) is 0 Å². The van der Waals surface area contributed by atoms with Gasteiger partial charge in [-0.1, -0.05) is 6.92 Å². The number of carbonyl (C=O) groups is 1. The third-order valence-corrected chi connectivity index (χ3v) is 3.06. The Morgan fingerprint density at radius 3 is 1.86 bits per heavy atom. The summed E-state index contributed by atoms with van der Waals surface area (Å²) in [6.07, 6.45) is 0.493. The summed E-state index contributed by atoms with van der Waals surface area (Å²) >= 11 is 0. The van der Waals surface area contributed by atoms with Crippen LogP contribution in [0.5, 0.6) is 23.0 Å². The largest absolute Gasteiger partial charge is 0.496 e. The monoisotopic (exact) mass is 286 g/mol. The van der Waals surface area contributed by atoms with Gasteiger partial charge in [-0.3, -0.25) is 4.79 Å². The van der Waals surface area contributed by atoms with Gasteiger partial charge in [0.25, 0.3) is 0 Å². The molecule has 0 atom stereocenters. The summed E-state index contributed by atoms with van der Waals surface area (Å²) in [4.78, 5) is 11.6. The van der Waals surface area contributed by atoms with Gasteiger partial charge in [-0.2, -0.15) is 0 Å². The molecule has 0 aliphatic heterocycles. The minimum atomic E-state index is 0.115. The van der Waals surface area contributed by atoms with Crippen LogP contribution in [-0.2, 0) is 0 Å². The van der Waals surface area contributed by atoms with Crippen LogP contribution in [0, 0.1) is 0 Å². The van der Waals surface area contributed by atoms with E-state index in [1.165, 1.54) is 0 Å². The third kappa shape index (κ3) is 3.75. The van der Waals surface area contributed by atoms with E-state index in [0.29, 0.717) is 35.0 Å². The molecule has 0 amide bonds. The Morgan fingerprint density at radius 2 is 1.38 bits per heavy atom. The number of carbonyl (C=O) groups excluding carboxylic acids is 1. The average Bonchev–Trinajstić information content (AvgIpc) is 2.54. The van der Waals surface area contributed by atoms with E-state index >= 15 is 0 Å². The lowest BCUT2D eigenvalue weighted by Crippen LogP contribution is -1.96. The summed E-state index contributed by atoms with van der Waals surface area (Å²) in [7, 11) is 3.17. The molecule has 110 valence electrons. The van der Waals surface area contributed by atoms with Crippen LogP contribution in [0.3, 0.4) is 0 Å². The number of hydrogen-bond donors (Lipinski definition) is 0. The second-order valence-electron chi connectivity index (χ2n) is 4.45. The fourth-order valence-corrected chi connectivity index (χ4v) is 1.89. The quantitative estimate of drug-likeness (QED) is 0.750. The van der Waals surface area contributed by atoms with Gasteiger partial charge in [-0.15, -0.1) is 0 Å². The van der Waals surface area contributed by atoms with Gasteiger partial charge < -0.3 is 14.2 Å². The number of benzene rings is 2. The van der Waals surface area contributed by atoms with Crippen molar-refractivity contribution >= 4 is 5.78 Å². The highest BCUT2D eigenvalue weighted by Gasteiger charge is 2.06. The van der Waals surface area contributed by atoms with Crippen molar-refractivity contribution < 1.29 is 19.0 Å². The van der Waals surface area contributed by atoms with E-state index in [-0.39, 0.29) is 5.78 Å². The maximum atomic E-state index is 11.6. The first-order valence-electron chi connectivity index (χ1n) is 6.70. The number of ketones is 1. The van der Waals surface area contributed by atoms with Crippen LogP contribution in [0.4, 0.5) is 0 Å². The van der Waals surface area contributed by atoms with Crippen LogP contribution < -0.4 is 14.2 Å². The summed E-state index contributed by atoms with van der Waals surface area (Å²) in [5.41, 5.74) is 0.688. The predicted molar refractivity (Wildman–Crippen MR) is 80.7 cm³/mol. The molecule has 2 aromatic carbocycles. The van der Waals surface area contributed by atoms with Crippen LogP contribution in [0.25, 0.3) is 0 Å². The van der Waals surface area contributed by atoms with Gasteiger partial charge in [-0.05, 0) is 24.3 Å². The van der Waals surface area contributed by atoms with Crippen LogP contribution in [0.15, 0.2) is 42.5 Å². The van der Waals surface area contributed by atoms with Crippen LogP contribution in [-0.4, -0.2) is 20.0 Å². The number of Topliss-reactive ketones (excluding diaryl/α,β-unsaturated/α-hetero) is 1. The molecule has 0 aliphatic carbocycles. The van der Waals surface area contributed by atoms with Crippen molar-refractivity contribution in [2.24, 2.45) is 0 Å². The summed E-state index contributed by atoms with van der Waals surface area (Å²) in [6, 6.07) is 12.4. The van der Waals surface area contributed by atoms with Gasteiger partial charge in [-0.25, -0.2) is 0 Å². The fraction of sp³-hybridized carbons (Fsp3) is 0.235. The highest BCUT2D eigenvalue weighted by Crippen LogP contribution is 2.30. The molecular weight excluding hydrogens is 268 g/mol. The van der Waals surface area contributed by atoms with Crippen LogP contribution in [0.2, 0.25) is 0 Å².